The highest BCUT2D eigenvalue weighted by molar-refractivity contribution is 5.88. The predicted molar refractivity (Wildman–Crippen MR) is 46.9 cm³/mol. The Morgan fingerprint density at radius 1 is 1.25 bits per heavy atom. The molecular weight excluding hydrogens is 152 g/mol. The molecule has 1 unspecified atom stereocenters. The molecule has 0 aromatic carbocycles. The van der Waals surface area contributed by atoms with Crippen LogP contribution in [-0.4, -0.2) is 11.6 Å². The second-order valence-electron chi connectivity index (χ2n) is 3.52. The smallest absolute Gasteiger partial charge is 0.136 e. The number of carbonyl (C=O) groups is 2. The maximum absolute atomic E-state index is 11.4. The third-order valence-corrected chi connectivity index (χ3v) is 2.55. The normalized spacial score (nSPS) is 26.6. The molecule has 12 heavy (non-hydrogen) atoms. The van der Waals surface area contributed by atoms with Gasteiger partial charge in [-0.3, -0.25) is 9.59 Å². The highest BCUT2D eigenvalue weighted by atomic mass is 16.1. The van der Waals surface area contributed by atoms with Gasteiger partial charge in [-0.05, 0) is 19.3 Å². The molecule has 0 aromatic heterocycles. The van der Waals surface area contributed by atoms with E-state index in [2.05, 4.69) is 0 Å². The number of Topliss-reactive ketones (excluding diaryl/α,β-unsaturated/α-hetero) is 2. The molecule has 1 fully saturated rings. The maximum Gasteiger partial charge on any atom is 0.136 e. The van der Waals surface area contributed by atoms with Crippen LogP contribution >= 0.6 is 0 Å². The number of rotatable bonds is 1. The standard InChI is InChI=1S/C10H16O2/c1-2-8-7-9(11)5-3-4-6-10(8)12/h8H,2-7H2,1H3. The number of ketones is 2. The first-order valence-corrected chi connectivity index (χ1v) is 4.78. The SMILES string of the molecule is CCC1CC(=O)CCCCC1=O. The third-order valence-electron chi connectivity index (χ3n) is 2.55. The molecule has 0 N–H and O–H groups in total. The van der Waals surface area contributed by atoms with Crippen LogP contribution in [0.3, 0.4) is 0 Å². The van der Waals surface area contributed by atoms with Gasteiger partial charge in [0.2, 0.25) is 0 Å². The quantitative estimate of drug-likeness (QED) is 0.601. The van der Waals surface area contributed by atoms with Gasteiger partial charge in [-0.2, -0.15) is 0 Å². The molecule has 68 valence electrons. The first-order valence-electron chi connectivity index (χ1n) is 4.78. The number of hydrogen-bond donors (Lipinski definition) is 0. The predicted octanol–water partition coefficient (Wildman–Crippen LogP) is 2.11. The van der Waals surface area contributed by atoms with Crippen molar-refractivity contribution in [1.29, 1.82) is 0 Å². The maximum atomic E-state index is 11.4. The minimum atomic E-state index is 0.0257. The Morgan fingerprint density at radius 2 is 1.92 bits per heavy atom. The molecule has 2 heteroatoms. The van der Waals surface area contributed by atoms with Crippen LogP contribution in [0, 0.1) is 5.92 Å². The van der Waals surface area contributed by atoms with E-state index in [0.29, 0.717) is 25.0 Å². The van der Waals surface area contributed by atoms with E-state index in [1.807, 2.05) is 6.92 Å². The van der Waals surface area contributed by atoms with Gasteiger partial charge in [0, 0.05) is 25.2 Å². The van der Waals surface area contributed by atoms with Gasteiger partial charge in [0.05, 0.1) is 0 Å². The van der Waals surface area contributed by atoms with Crippen LogP contribution in [0.25, 0.3) is 0 Å². The van der Waals surface area contributed by atoms with E-state index in [0.717, 1.165) is 19.3 Å². The Balaban J connectivity index is 2.55. The molecule has 0 aromatic rings. The molecule has 1 rings (SSSR count). The van der Waals surface area contributed by atoms with Crippen molar-refractivity contribution in [3.8, 4) is 0 Å². The van der Waals surface area contributed by atoms with Gasteiger partial charge < -0.3 is 0 Å². The molecule has 0 heterocycles. The van der Waals surface area contributed by atoms with Crippen molar-refractivity contribution < 1.29 is 9.59 Å². The summed E-state index contributed by atoms with van der Waals surface area (Å²) in [4.78, 5) is 22.6. The summed E-state index contributed by atoms with van der Waals surface area (Å²) >= 11 is 0. The Morgan fingerprint density at radius 3 is 2.58 bits per heavy atom. The lowest BCUT2D eigenvalue weighted by atomic mass is 9.88. The molecule has 1 aliphatic carbocycles. The van der Waals surface area contributed by atoms with E-state index < -0.39 is 0 Å². The van der Waals surface area contributed by atoms with Crippen molar-refractivity contribution in [2.45, 2.75) is 45.4 Å². The first-order chi connectivity index (χ1) is 5.74. The summed E-state index contributed by atoms with van der Waals surface area (Å²) in [5, 5.41) is 0. The summed E-state index contributed by atoms with van der Waals surface area (Å²) in [5.74, 6) is 0.596. The van der Waals surface area contributed by atoms with Gasteiger partial charge in [0.1, 0.15) is 11.6 Å². The van der Waals surface area contributed by atoms with Crippen molar-refractivity contribution in [3.05, 3.63) is 0 Å². The molecule has 0 radical (unpaired) electrons. The molecule has 0 amide bonds. The Kier molecular flexibility index (Phi) is 3.45. The van der Waals surface area contributed by atoms with E-state index in [9.17, 15) is 9.59 Å². The highest BCUT2D eigenvalue weighted by Gasteiger charge is 2.21. The van der Waals surface area contributed by atoms with E-state index in [-0.39, 0.29) is 11.7 Å². The van der Waals surface area contributed by atoms with Crippen LogP contribution in [0.5, 0.6) is 0 Å². The minimum Gasteiger partial charge on any atom is -0.300 e. The first kappa shape index (κ1) is 9.43. The topological polar surface area (TPSA) is 34.1 Å². The van der Waals surface area contributed by atoms with Crippen LogP contribution in [0.15, 0.2) is 0 Å². The molecule has 0 saturated heterocycles. The van der Waals surface area contributed by atoms with Gasteiger partial charge in [0.25, 0.3) is 0 Å². The van der Waals surface area contributed by atoms with Crippen LogP contribution in [0.1, 0.15) is 45.4 Å². The lowest BCUT2D eigenvalue weighted by molar-refractivity contribution is -0.129. The lowest BCUT2D eigenvalue weighted by Gasteiger charge is -2.15. The average molecular weight is 168 g/mol. The van der Waals surface area contributed by atoms with E-state index in [1.54, 1.807) is 0 Å². The van der Waals surface area contributed by atoms with Gasteiger partial charge in [-0.25, -0.2) is 0 Å². The Labute approximate surface area is 73.3 Å². The van der Waals surface area contributed by atoms with E-state index in [4.69, 9.17) is 0 Å². The van der Waals surface area contributed by atoms with Crippen LogP contribution in [0.2, 0.25) is 0 Å². The van der Waals surface area contributed by atoms with Crippen LogP contribution in [-0.2, 0) is 9.59 Å². The zero-order valence-electron chi connectivity index (χ0n) is 7.64. The van der Waals surface area contributed by atoms with E-state index >= 15 is 0 Å². The summed E-state index contributed by atoms with van der Waals surface area (Å²) in [6, 6.07) is 0. The zero-order valence-corrected chi connectivity index (χ0v) is 7.64. The van der Waals surface area contributed by atoms with Crippen molar-refractivity contribution in [2.24, 2.45) is 5.92 Å². The second-order valence-corrected chi connectivity index (χ2v) is 3.52. The number of carbonyl (C=O) groups excluding carboxylic acids is 2. The summed E-state index contributed by atoms with van der Waals surface area (Å²) in [6.45, 7) is 1.98. The monoisotopic (exact) mass is 168 g/mol. The third kappa shape index (κ3) is 2.43. The minimum absolute atomic E-state index is 0.0257. The molecule has 1 saturated carbocycles. The fourth-order valence-electron chi connectivity index (χ4n) is 1.69. The lowest BCUT2D eigenvalue weighted by Crippen LogP contribution is -2.20. The van der Waals surface area contributed by atoms with Crippen molar-refractivity contribution in [1.82, 2.24) is 0 Å². The van der Waals surface area contributed by atoms with Crippen LogP contribution in [0.4, 0.5) is 0 Å². The zero-order chi connectivity index (χ0) is 8.97. The number of hydrogen-bond acceptors (Lipinski definition) is 2. The Bertz CT molecular complexity index is 184. The molecular formula is C10H16O2. The van der Waals surface area contributed by atoms with Crippen LogP contribution < -0.4 is 0 Å². The fraction of sp³-hybridized carbons (Fsp3) is 0.800. The average Bonchev–Trinajstić information content (AvgIpc) is 2.05. The summed E-state index contributed by atoms with van der Waals surface area (Å²) in [7, 11) is 0. The molecule has 1 aliphatic rings. The van der Waals surface area contributed by atoms with Gasteiger partial charge in [-0.1, -0.05) is 6.92 Å². The largest absolute Gasteiger partial charge is 0.300 e. The molecule has 0 spiro atoms. The van der Waals surface area contributed by atoms with Crippen molar-refractivity contribution in [2.75, 3.05) is 0 Å². The van der Waals surface area contributed by atoms with Gasteiger partial charge in [0.15, 0.2) is 0 Å². The van der Waals surface area contributed by atoms with Gasteiger partial charge in [-0.15, -0.1) is 0 Å². The van der Waals surface area contributed by atoms with E-state index in [1.165, 1.54) is 0 Å². The summed E-state index contributed by atoms with van der Waals surface area (Å²) in [6.07, 6.45) is 4.50. The summed E-state index contributed by atoms with van der Waals surface area (Å²) in [5.41, 5.74) is 0. The summed E-state index contributed by atoms with van der Waals surface area (Å²) < 4.78 is 0. The fourth-order valence-corrected chi connectivity index (χ4v) is 1.69. The Hall–Kier alpha value is -0.660. The second kappa shape index (κ2) is 4.39. The van der Waals surface area contributed by atoms with Crippen molar-refractivity contribution >= 4 is 11.6 Å². The molecule has 2 nitrogen and oxygen atoms in total. The van der Waals surface area contributed by atoms with Crippen molar-refractivity contribution in [3.63, 3.8) is 0 Å². The molecule has 0 aliphatic heterocycles. The van der Waals surface area contributed by atoms with Gasteiger partial charge >= 0.3 is 0 Å². The highest BCUT2D eigenvalue weighted by Crippen LogP contribution is 2.19. The molecule has 1 atom stereocenters. The molecule has 0 bridgehead atoms.